The summed E-state index contributed by atoms with van der Waals surface area (Å²) in [5.41, 5.74) is 4.03. The molecule has 0 aliphatic carbocycles. The number of amides is 1. The summed E-state index contributed by atoms with van der Waals surface area (Å²) in [6, 6.07) is 6.80. The maximum atomic E-state index is 12.5. The highest BCUT2D eigenvalue weighted by atomic mass is 16.1. The Kier molecular flexibility index (Phi) is 7.02. The summed E-state index contributed by atoms with van der Waals surface area (Å²) < 4.78 is 2.27. The number of piperidine rings is 1. The third-order valence-corrected chi connectivity index (χ3v) is 6.53. The predicted octanol–water partition coefficient (Wildman–Crippen LogP) is 1.95. The van der Waals surface area contributed by atoms with E-state index >= 15 is 0 Å². The van der Waals surface area contributed by atoms with Crippen molar-refractivity contribution in [3.63, 3.8) is 0 Å². The van der Waals surface area contributed by atoms with Gasteiger partial charge in [-0.05, 0) is 45.8 Å². The van der Waals surface area contributed by atoms with Crippen molar-refractivity contribution in [1.82, 2.24) is 29.9 Å². The number of aryl methyl sites for hydroxylation is 2. The molecule has 1 amide bonds. The normalized spacial score (nSPS) is 20.3. The van der Waals surface area contributed by atoms with Crippen LogP contribution < -0.4 is 5.32 Å². The van der Waals surface area contributed by atoms with Gasteiger partial charge in [0.2, 0.25) is 5.91 Å². The summed E-state index contributed by atoms with van der Waals surface area (Å²) >= 11 is 0. The van der Waals surface area contributed by atoms with Crippen molar-refractivity contribution >= 4 is 5.91 Å². The molecule has 31 heavy (non-hydrogen) atoms. The summed E-state index contributed by atoms with van der Waals surface area (Å²) in [6.07, 6.45) is 3.74. The van der Waals surface area contributed by atoms with Crippen LogP contribution in [0.25, 0.3) is 0 Å². The molecule has 0 saturated carbocycles. The van der Waals surface area contributed by atoms with E-state index < -0.39 is 0 Å². The lowest BCUT2D eigenvalue weighted by Gasteiger charge is -2.28. The first-order valence-corrected chi connectivity index (χ1v) is 11.6. The van der Waals surface area contributed by atoms with Gasteiger partial charge < -0.3 is 14.8 Å². The Morgan fingerprint density at radius 1 is 1.10 bits per heavy atom. The molecule has 7 nitrogen and oxygen atoms in total. The number of hydrogen-bond acceptors (Lipinski definition) is 5. The number of rotatable bonds is 6. The number of fused-ring (bicyclic) bond motifs is 1. The minimum absolute atomic E-state index is 0.119. The first-order valence-electron chi connectivity index (χ1n) is 11.6. The van der Waals surface area contributed by atoms with Crippen molar-refractivity contribution in [3.05, 3.63) is 46.5 Å². The first kappa shape index (κ1) is 22.0. The highest BCUT2D eigenvalue weighted by molar-refractivity contribution is 5.78. The number of benzene rings is 1. The van der Waals surface area contributed by atoms with Gasteiger partial charge in [-0.15, -0.1) is 10.2 Å². The lowest BCUT2D eigenvalue weighted by atomic mass is 9.97. The number of carbonyl (C=O) groups excluding carboxylic acids is 1. The smallest absolute Gasteiger partial charge is 0.224 e. The largest absolute Gasteiger partial charge is 0.355 e. The highest BCUT2D eigenvalue weighted by Gasteiger charge is 2.24. The number of carbonyl (C=O) groups is 1. The van der Waals surface area contributed by atoms with Gasteiger partial charge in [0.25, 0.3) is 0 Å². The fraction of sp³-hybridized carbons (Fsp3) is 0.625. The molecule has 1 aromatic heterocycles. The van der Waals surface area contributed by atoms with Gasteiger partial charge in [-0.2, -0.15) is 0 Å². The van der Waals surface area contributed by atoms with Gasteiger partial charge in [0.1, 0.15) is 11.6 Å². The van der Waals surface area contributed by atoms with E-state index in [0.29, 0.717) is 6.54 Å². The molecule has 1 N–H and O–H groups in total. The maximum absolute atomic E-state index is 12.5. The summed E-state index contributed by atoms with van der Waals surface area (Å²) in [5.74, 6) is 2.36. The second kappa shape index (κ2) is 9.92. The van der Waals surface area contributed by atoms with Crippen molar-refractivity contribution < 1.29 is 4.79 Å². The van der Waals surface area contributed by atoms with Gasteiger partial charge in [0.15, 0.2) is 0 Å². The highest BCUT2D eigenvalue weighted by Crippen LogP contribution is 2.16. The minimum Gasteiger partial charge on any atom is -0.355 e. The topological polar surface area (TPSA) is 66.3 Å². The van der Waals surface area contributed by atoms with E-state index in [-0.39, 0.29) is 11.8 Å². The van der Waals surface area contributed by atoms with E-state index in [2.05, 4.69) is 69.0 Å². The van der Waals surface area contributed by atoms with Crippen molar-refractivity contribution in [2.45, 2.75) is 52.6 Å². The van der Waals surface area contributed by atoms with Gasteiger partial charge in [-0.1, -0.05) is 29.3 Å². The molecule has 2 aliphatic heterocycles. The molecular formula is C24H36N6O. The molecule has 0 spiro atoms. The zero-order valence-corrected chi connectivity index (χ0v) is 19.2. The number of aromatic nitrogens is 3. The van der Waals surface area contributed by atoms with Gasteiger partial charge in [-0.25, -0.2) is 0 Å². The first-order chi connectivity index (χ1) is 15.0. The van der Waals surface area contributed by atoms with Crippen LogP contribution in [0.2, 0.25) is 0 Å². The summed E-state index contributed by atoms with van der Waals surface area (Å²) in [4.78, 5) is 17.2. The zero-order valence-electron chi connectivity index (χ0n) is 19.2. The van der Waals surface area contributed by atoms with Gasteiger partial charge in [0.05, 0.1) is 5.92 Å². The molecule has 168 valence electrons. The average Bonchev–Trinajstić information content (AvgIpc) is 2.99. The van der Waals surface area contributed by atoms with E-state index in [1.807, 2.05) is 0 Å². The molecule has 3 heterocycles. The molecule has 1 aromatic carbocycles. The Morgan fingerprint density at radius 2 is 1.90 bits per heavy atom. The van der Waals surface area contributed by atoms with E-state index in [1.54, 1.807) is 0 Å². The molecule has 0 radical (unpaired) electrons. The summed E-state index contributed by atoms with van der Waals surface area (Å²) in [6.45, 7) is 10.8. The van der Waals surface area contributed by atoms with Crippen LogP contribution in [0.1, 0.15) is 41.2 Å². The molecule has 1 saturated heterocycles. The van der Waals surface area contributed by atoms with Gasteiger partial charge >= 0.3 is 0 Å². The number of likely N-dealkylation sites (tertiary alicyclic amines) is 1. The van der Waals surface area contributed by atoms with Gasteiger partial charge in [0, 0.05) is 52.1 Å². The third kappa shape index (κ3) is 5.71. The maximum Gasteiger partial charge on any atom is 0.224 e. The number of nitrogens with one attached hydrogen (secondary N) is 1. The fourth-order valence-corrected chi connectivity index (χ4v) is 5.01. The van der Waals surface area contributed by atoms with Crippen LogP contribution in [0.15, 0.2) is 18.2 Å². The average molecular weight is 425 g/mol. The summed E-state index contributed by atoms with van der Waals surface area (Å²) in [5, 5.41) is 12.0. The van der Waals surface area contributed by atoms with Crippen LogP contribution in [-0.2, 0) is 30.7 Å². The standard InChI is InChI=1S/C24H36N6O/c1-18-13-19(2)15-20(14-18)16-29-10-7-23-27-26-22(30(23)12-11-29)6-8-25-24(31)21-5-4-9-28(3)17-21/h13-15,21H,4-12,16-17H2,1-3H3,(H,25,31)/t21-/m0/s1. The second-order valence-electron chi connectivity index (χ2n) is 9.35. The summed E-state index contributed by atoms with van der Waals surface area (Å²) in [7, 11) is 2.09. The SMILES string of the molecule is Cc1cc(C)cc(CN2CCc3nnc(CCNC(=O)[C@H]4CCCN(C)C4)n3CC2)c1. The Bertz CT molecular complexity index is 887. The Labute approximate surface area is 185 Å². The molecule has 2 aliphatic rings. The molecular weight excluding hydrogens is 388 g/mol. The van der Waals surface area contributed by atoms with E-state index in [1.165, 1.54) is 16.7 Å². The zero-order chi connectivity index (χ0) is 21.8. The molecule has 1 atom stereocenters. The fourth-order valence-electron chi connectivity index (χ4n) is 5.01. The second-order valence-corrected chi connectivity index (χ2v) is 9.35. The van der Waals surface area contributed by atoms with E-state index in [0.717, 1.165) is 76.6 Å². The van der Waals surface area contributed by atoms with Crippen molar-refractivity contribution in [1.29, 1.82) is 0 Å². The van der Waals surface area contributed by atoms with E-state index in [9.17, 15) is 4.79 Å². The third-order valence-electron chi connectivity index (χ3n) is 6.53. The molecule has 7 heteroatoms. The van der Waals surface area contributed by atoms with Crippen molar-refractivity contribution in [3.8, 4) is 0 Å². The molecule has 2 aromatic rings. The van der Waals surface area contributed by atoms with Crippen LogP contribution in [-0.4, -0.2) is 70.2 Å². The lowest BCUT2D eigenvalue weighted by molar-refractivity contribution is -0.126. The van der Waals surface area contributed by atoms with Crippen molar-refractivity contribution in [2.75, 3.05) is 39.8 Å². The van der Waals surface area contributed by atoms with Gasteiger partial charge in [-0.3, -0.25) is 9.69 Å². The number of nitrogens with zero attached hydrogens (tertiary/aromatic N) is 5. The molecule has 1 fully saturated rings. The number of hydrogen-bond donors (Lipinski definition) is 1. The quantitative estimate of drug-likeness (QED) is 0.768. The van der Waals surface area contributed by atoms with Crippen LogP contribution >= 0.6 is 0 Å². The Balaban J connectivity index is 1.29. The molecule has 0 unspecified atom stereocenters. The molecule has 4 rings (SSSR count). The Hall–Kier alpha value is -2.25. The predicted molar refractivity (Wildman–Crippen MR) is 122 cm³/mol. The Morgan fingerprint density at radius 3 is 2.68 bits per heavy atom. The van der Waals surface area contributed by atoms with E-state index in [4.69, 9.17) is 0 Å². The monoisotopic (exact) mass is 424 g/mol. The van der Waals surface area contributed by atoms with Crippen LogP contribution in [0, 0.1) is 19.8 Å². The van der Waals surface area contributed by atoms with Crippen molar-refractivity contribution in [2.24, 2.45) is 5.92 Å². The van der Waals surface area contributed by atoms with Crippen LogP contribution in [0.4, 0.5) is 0 Å². The van der Waals surface area contributed by atoms with Crippen LogP contribution in [0.3, 0.4) is 0 Å². The minimum atomic E-state index is 0.119. The molecule has 0 bridgehead atoms. The lowest BCUT2D eigenvalue weighted by Crippen LogP contribution is -2.42. The van der Waals surface area contributed by atoms with Crippen LogP contribution in [0.5, 0.6) is 0 Å².